The highest BCUT2D eigenvalue weighted by atomic mass is 19.4. The fourth-order valence-electron chi connectivity index (χ4n) is 1.86. The van der Waals surface area contributed by atoms with Gasteiger partial charge in [-0.25, -0.2) is 9.97 Å². The maximum Gasteiger partial charge on any atom is 0.406 e. The lowest BCUT2D eigenvalue weighted by atomic mass is 10.2. The van der Waals surface area contributed by atoms with Crippen LogP contribution >= 0.6 is 0 Å². The summed E-state index contributed by atoms with van der Waals surface area (Å²) >= 11 is 0. The van der Waals surface area contributed by atoms with Gasteiger partial charge in [-0.3, -0.25) is 0 Å². The van der Waals surface area contributed by atoms with Crippen LogP contribution in [-0.2, 0) is 6.54 Å². The molecule has 0 aliphatic carbocycles. The van der Waals surface area contributed by atoms with Crippen molar-refractivity contribution in [2.75, 3.05) is 18.0 Å². The average molecular weight is 304 g/mol. The molecule has 0 aliphatic heterocycles. The minimum Gasteiger partial charge on any atom is -0.332 e. The predicted molar refractivity (Wildman–Crippen MR) is 77.3 cm³/mol. The molecule has 0 bridgehead atoms. The summed E-state index contributed by atoms with van der Waals surface area (Å²) in [4.78, 5) is 9.50. The minimum absolute atomic E-state index is 0.139. The lowest BCUT2D eigenvalue weighted by Crippen LogP contribution is -2.36. The zero-order valence-electron chi connectivity index (χ0n) is 13.0. The molecule has 0 aliphatic rings. The van der Waals surface area contributed by atoms with Crippen LogP contribution in [0.3, 0.4) is 0 Å². The van der Waals surface area contributed by atoms with E-state index in [0.717, 1.165) is 5.56 Å². The van der Waals surface area contributed by atoms with Crippen molar-refractivity contribution in [3.63, 3.8) is 0 Å². The van der Waals surface area contributed by atoms with Gasteiger partial charge in [0, 0.05) is 36.6 Å². The van der Waals surface area contributed by atoms with Crippen LogP contribution in [-0.4, -0.2) is 35.3 Å². The number of hydrogen-bond acceptors (Lipinski definition) is 4. The molecule has 1 aromatic rings. The van der Waals surface area contributed by atoms with Gasteiger partial charge in [-0.1, -0.05) is 20.8 Å². The summed E-state index contributed by atoms with van der Waals surface area (Å²) in [7, 11) is 0. The number of rotatable bonds is 7. The summed E-state index contributed by atoms with van der Waals surface area (Å²) in [6, 6.07) is 0.325. The SMILES string of the molecule is CCCN(CC(F)(F)F)c1ncc(CNC(C)C)c(C)n1. The number of hydrogen-bond donors (Lipinski definition) is 1. The quantitative estimate of drug-likeness (QED) is 0.840. The second-order valence-corrected chi connectivity index (χ2v) is 5.35. The van der Waals surface area contributed by atoms with Gasteiger partial charge >= 0.3 is 6.18 Å². The van der Waals surface area contributed by atoms with E-state index in [2.05, 4.69) is 15.3 Å². The summed E-state index contributed by atoms with van der Waals surface area (Å²) in [5.41, 5.74) is 1.60. The molecule has 0 unspecified atom stereocenters. The highest BCUT2D eigenvalue weighted by Gasteiger charge is 2.31. The molecule has 0 aromatic carbocycles. The van der Waals surface area contributed by atoms with E-state index in [1.807, 2.05) is 20.8 Å². The second-order valence-electron chi connectivity index (χ2n) is 5.35. The zero-order valence-corrected chi connectivity index (χ0v) is 13.0. The Balaban J connectivity index is 2.87. The second kappa shape index (κ2) is 7.59. The van der Waals surface area contributed by atoms with Crippen molar-refractivity contribution < 1.29 is 13.2 Å². The standard InChI is InChI=1S/C14H23F3N4/c1-5-6-21(9-14(15,16)17)13-19-8-12(11(4)20-13)7-18-10(2)3/h8,10,18H,5-7,9H2,1-4H3. The normalized spacial score (nSPS) is 12.0. The van der Waals surface area contributed by atoms with Crippen LogP contribution in [0.5, 0.6) is 0 Å². The first-order chi connectivity index (χ1) is 9.73. The van der Waals surface area contributed by atoms with E-state index < -0.39 is 12.7 Å². The van der Waals surface area contributed by atoms with Crippen LogP contribution in [0.25, 0.3) is 0 Å². The summed E-state index contributed by atoms with van der Waals surface area (Å²) in [5, 5.41) is 3.24. The Morgan fingerprint density at radius 2 is 2.00 bits per heavy atom. The lowest BCUT2D eigenvalue weighted by Gasteiger charge is -2.24. The molecule has 0 fully saturated rings. The molecule has 7 heteroatoms. The van der Waals surface area contributed by atoms with E-state index >= 15 is 0 Å². The fraction of sp³-hybridized carbons (Fsp3) is 0.714. The van der Waals surface area contributed by atoms with Crippen LogP contribution in [0.15, 0.2) is 6.20 Å². The molecule has 1 N–H and O–H groups in total. The minimum atomic E-state index is -4.26. The Labute approximate surface area is 123 Å². The lowest BCUT2D eigenvalue weighted by molar-refractivity contribution is -0.119. The molecule has 1 aromatic heterocycles. The molecular formula is C14H23F3N4. The number of anilines is 1. The molecule has 0 radical (unpaired) electrons. The zero-order chi connectivity index (χ0) is 16.0. The van der Waals surface area contributed by atoms with E-state index in [4.69, 9.17) is 0 Å². The van der Waals surface area contributed by atoms with E-state index in [-0.39, 0.29) is 12.5 Å². The van der Waals surface area contributed by atoms with Crippen molar-refractivity contribution in [1.82, 2.24) is 15.3 Å². The Morgan fingerprint density at radius 3 is 2.48 bits per heavy atom. The van der Waals surface area contributed by atoms with Crippen LogP contribution in [0.2, 0.25) is 0 Å². The van der Waals surface area contributed by atoms with Crippen molar-refractivity contribution in [2.24, 2.45) is 0 Å². The molecule has 1 rings (SSSR count). The van der Waals surface area contributed by atoms with Crippen LogP contribution in [0.4, 0.5) is 19.1 Å². The first-order valence-electron chi connectivity index (χ1n) is 7.10. The van der Waals surface area contributed by atoms with Gasteiger partial charge in [-0.2, -0.15) is 13.2 Å². The molecule has 0 saturated heterocycles. The number of alkyl halides is 3. The van der Waals surface area contributed by atoms with E-state index in [0.29, 0.717) is 24.7 Å². The number of aromatic nitrogens is 2. The smallest absolute Gasteiger partial charge is 0.332 e. The van der Waals surface area contributed by atoms with Crippen molar-refractivity contribution in [3.8, 4) is 0 Å². The third-order valence-corrected chi connectivity index (χ3v) is 2.92. The Hall–Kier alpha value is -1.37. The third kappa shape index (κ3) is 6.29. The monoisotopic (exact) mass is 304 g/mol. The Bertz CT molecular complexity index is 446. The van der Waals surface area contributed by atoms with Gasteiger partial charge in [0.2, 0.25) is 5.95 Å². The Kier molecular flexibility index (Phi) is 6.39. The van der Waals surface area contributed by atoms with E-state index in [1.165, 1.54) is 4.90 Å². The van der Waals surface area contributed by atoms with Gasteiger partial charge in [-0.15, -0.1) is 0 Å². The summed E-state index contributed by atoms with van der Waals surface area (Å²) in [6.07, 6.45) is -2.05. The molecule has 1 heterocycles. The van der Waals surface area contributed by atoms with Gasteiger partial charge in [0.05, 0.1) is 0 Å². The van der Waals surface area contributed by atoms with Crippen molar-refractivity contribution >= 4 is 5.95 Å². The van der Waals surface area contributed by atoms with Crippen LogP contribution in [0, 0.1) is 6.92 Å². The van der Waals surface area contributed by atoms with Gasteiger partial charge < -0.3 is 10.2 Å². The number of nitrogens with zero attached hydrogens (tertiary/aromatic N) is 3. The van der Waals surface area contributed by atoms with Crippen molar-refractivity contribution in [2.45, 2.75) is 52.9 Å². The number of halogens is 3. The van der Waals surface area contributed by atoms with E-state index in [1.54, 1.807) is 13.1 Å². The average Bonchev–Trinajstić information content (AvgIpc) is 2.35. The molecule has 0 spiro atoms. The topological polar surface area (TPSA) is 41.1 Å². The predicted octanol–water partition coefficient (Wildman–Crippen LogP) is 3.06. The van der Waals surface area contributed by atoms with Crippen molar-refractivity contribution in [3.05, 3.63) is 17.5 Å². The van der Waals surface area contributed by atoms with Crippen molar-refractivity contribution in [1.29, 1.82) is 0 Å². The largest absolute Gasteiger partial charge is 0.406 e. The molecule has 4 nitrogen and oxygen atoms in total. The summed E-state index contributed by atoms with van der Waals surface area (Å²) < 4.78 is 37.8. The molecular weight excluding hydrogens is 281 g/mol. The summed E-state index contributed by atoms with van der Waals surface area (Å²) in [6.45, 7) is 7.54. The number of nitrogens with one attached hydrogen (secondary N) is 1. The van der Waals surface area contributed by atoms with Gasteiger partial charge in [-0.05, 0) is 13.3 Å². The molecule has 0 amide bonds. The molecule has 120 valence electrons. The first kappa shape index (κ1) is 17.7. The van der Waals surface area contributed by atoms with Gasteiger partial charge in [0.15, 0.2) is 0 Å². The maximum atomic E-state index is 12.6. The Morgan fingerprint density at radius 1 is 1.33 bits per heavy atom. The van der Waals surface area contributed by atoms with Crippen LogP contribution < -0.4 is 10.2 Å². The third-order valence-electron chi connectivity index (χ3n) is 2.92. The van der Waals surface area contributed by atoms with Gasteiger partial charge in [0.1, 0.15) is 6.54 Å². The van der Waals surface area contributed by atoms with Crippen LogP contribution in [0.1, 0.15) is 38.4 Å². The molecule has 21 heavy (non-hydrogen) atoms. The highest BCUT2D eigenvalue weighted by Crippen LogP contribution is 2.20. The fourth-order valence-corrected chi connectivity index (χ4v) is 1.86. The number of aryl methyl sites for hydroxylation is 1. The maximum absolute atomic E-state index is 12.6. The molecule has 0 saturated carbocycles. The van der Waals surface area contributed by atoms with E-state index in [9.17, 15) is 13.2 Å². The summed E-state index contributed by atoms with van der Waals surface area (Å²) in [5.74, 6) is 0.139. The van der Waals surface area contributed by atoms with Gasteiger partial charge in [0.25, 0.3) is 0 Å². The first-order valence-corrected chi connectivity index (χ1v) is 7.10. The highest BCUT2D eigenvalue weighted by molar-refractivity contribution is 5.33. The molecule has 0 atom stereocenters.